The maximum atomic E-state index is 9.23. The highest BCUT2D eigenvalue weighted by Gasteiger charge is 2.04. The normalized spacial score (nSPS) is 12.4. The van der Waals surface area contributed by atoms with Gasteiger partial charge in [-0.25, -0.2) is 0 Å². The van der Waals surface area contributed by atoms with Crippen LogP contribution in [-0.4, -0.2) is 29.5 Å². The molecule has 0 radical (unpaired) electrons. The standard InChI is InChI=1S/C14H17NO3/c1-10-2-7-14(18-10)11-3-5-12(6-4-11)15-8-13(17)9-16/h2-7,13,15-17H,8-9H2,1H3. The highest BCUT2D eigenvalue weighted by atomic mass is 16.3. The number of aliphatic hydroxyl groups is 2. The molecule has 1 aromatic heterocycles. The van der Waals surface area contributed by atoms with Gasteiger partial charge in [0.2, 0.25) is 0 Å². The molecule has 3 N–H and O–H groups in total. The van der Waals surface area contributed by atoms with E-state index in [0.717, 1.165) is 22.8 Å². The Labute approximate surface area is 106 Å². The molecule has 0 aliphatic carbocycles. The van der Waals surface area contributed by atoms with Crippen molar-refractivity contribution in [1.29, 1.82) is 0 Å². The number of anilines is 1. The van der Waals surface area contributed by atoms with E-state index in [2.05, 4.69) is 5.32 Å². The molecule has 0 bridgehead atoms. The topological polar surface area (TPSA) is 65.6 Å². The Kier molecular flexibility index (Phi) is 4.02. The van der Waals surface area contributed by atoms with Crippen molar-refractivity contribution in [2.24, 2.45) is 0 Å². The molecule has 1 aromatic carbocycles. The van der Waals surface area contributed by atoms with E-state index in [1.807, 2.05) is 43.3 Å². The fraction of sp³-hybridized carbons (Fsp3) is 0.286. The number of hydrogen-bond acceptors (Lipinski definition) is 4. The zero-order valence-corrected chi connectivity index (χ0v) is 10.3. The van der Waals surface area contributed by atoms with Gasteiger partial charge in [-0.1, -0.05) is 0 Å². The lowest BCUT2D eigenvalue weighted by Gasteiger charge is -2.10. The van der Waals surface area contributed by atoms with Gasteiger partial charge in [-0.2, -0.15) is 0 Å². The van der Waals surface area contributed by atoms with E-state index in [4.69, 9.17) is 9.52 Å². The number of benzene rings is 1. The third kappa shape index (κ3) is 3.12. The van der Waals surface area contributed by atoms with Crippen LogP contribution >= 0.6 is 0 Å². The second kappa shape index (κ2) is 5.71. The van der Waals surface area contributed by atoms with Crippen molar-refractivity contribution in [3.8, 4) is 11.3 Å². The molecule has 0 aliphatic heterocycles. The van der Waals surface area contributed by atoms with Gasteiger partial charge in [-0.15, -0.1) is 0 Å². The minimum absolute atomic E-state index is 0.239. The number of furan rings is 1. The number of hydrogen-bond donors (Lipinski definition) is 3. The van der Waals surface area contributed by atoms with Crippen LogP contribution in [-0.2, 0) is 0 Å². The smallest absolute Gasteiger partial charge is 0.134 e. The van der Waals surface area contributed by atoms with Gasteiger partial charge in [0, 0.05) is 17.8 Å². The van der Waals surface area contributed by atoms with Gasteiger partial charge in [0.1, 0.15) is 11.5 Å². The van der Waals surface area contributed by atoms with Crippen LogP contribution in [0, 0.1) is 6.92 Å². The van der Waals surface area contributed by atoms with E-state index < -0.39 is 6.10 Å². The van der Waals surface area contributed by atoms with E-state index in [1.54, 1.807) is 0 Å². The number of rotatable bonds is 5. The first-order chi connectivity index (χ1) is 8.69. The van der Waals surface area contributed by atoms with Crippen molar-refractivity contribution in [1.82, 2.24) is 0 Å². The quantitative estimate of drug-likeness (QED) is 0.756. The molecule has 2 rings (SSSR count). The summed E-state index contributed by atoms with van der Waals surface area (Å²) in [5.74, 6) is 1.73. The van der Waals surface area contributed by atoms with Crippen molar-refractivity contribution < 1.29 is 14.6 Å². The predicted molar refractivity (Wildman–Crippen MR) is 70.5 cm³/mol. The molecule has 0 saturated heterocycles. The highest BCUT2D eigenvalue weighted by Crippen LogP contribution is 2.23. The van der Waals surface area contributed by atoms with Gasteiger partial charge in [0.15, 0.2) is 0 Å². The van der Waals surface area contributed by atoms with Gasteiger partial charge >= 0.3 is 0 Å². The van der Waals surface area contributed by atoms with Crippen LogP contribution in [0.25, 0.3) is 11.3 Å². The van der Waals surface area contributed by atoms with Gasteiger partial charge in [0.25, 0.3) is 0 Å². The molecule has 1 unspecified atom stereocenters. The van der Waals surface area contributed by atoms with E-state index in [0.29, 0.717) is 6.54 Å². The molecule has 0 spiro atoms. The lowest BCUT2D eigenvalue weighted by Crippen LogP contribution is -2.22. The predicted octanol–water partition coefficient (Wildman–Crippen LogP) is 2.02. The van der Waals surface area contributed by atoms with Crippen LogP contribution in [0.1, 0.15) is 5.76 Å². The lowest BCUT2D eigenvalue weighted by atomic mass is 10.1. The summed E-state index contributed by atoms with van der Waals surface area (Å²) in [7, 11) is 0. The fourth-order valence-electron chi connectivity index (χ4n) is 1.64. The molecule has 0 saturated carbocycles. The summed E-state index contributed by atoms with van der Waals surface area (Å²) in [6, 6.07) is 11.6. The summed E-state index contributed by atoms with van der Waals surface area (Å²) in [6.07, 6.45) is -0.739. The third-order valence-corrected chi connectivity index (χ3v) is 2.66. The maximum absolute atomic E-state index is 9.23. The first-order valence-corrected chi connectivity index (χ1v) is 5.88. The molecule has 18 heavy (non-hydrogen) atoms. The SMILES string of the molecule is Cc1ccc(-c2ccc(NCC(O)CO)cc2)o1. The Morgan fingerprint density at radius 3 is 2.44 bits per heavy atom. The lowest BCUT2D eigenvalue weighted by molar-refractivity contribution is 0.105. The Morgan fingerprint density at radius 2 is 1.89 bits per heavy atom. The second-order valence-corrected chi connectivity index (χ2v) is 4.20. The van der Waals surface area contributed by atoms with Crippen LogP contribution in [0.3, 0.4) is 0 Å². The largest absolute Gasteiger partial charge is 0.461 e. The molecular weight excluding hydrogens is 230 g/mol. The van der Waals surface area contributed by atoms with Gasteiger partial charge < -0.3 is 19.9 Å². The molecule has 2 aromatic rings. The molecule has 1 atom stereocenters. The highest BCUT2D eigenvalue weighted by molar-refractivity contribution is 5.61. The van der Waals surface area contributed by atoms with Gasteiger partial charge in [-0.3, -0.25) is 0 Å². The van der Waals surface area contributed by atoms with Gasteiger partial charge in [-0.05, 0) is 43.3 Å². The zero-order chi connectivity index (χ0) is 13.0. The van der Waals surface area contributed by atoms with Crippen LogP contribution in [0.2, 0.25) is 0 Å². The van der Waals surface area contributed by atoms with E-state index in [9.17, 15) is 5.11 Å². The first kappa shape index (κ1) is 12.7. The molecule has 1 heterocycles. The average Bonchev–Trinajstić information content (AvgIpc) is 2.83. The van der Waals surface area contributed by atoms with Crippen molar-refractivity contribution in [2.75, 3.05) is 18.5 Å². The Balaban J connectivity index is 2.01. The van der Waals surface area contributed by atoms with E-state index in [-0.39, 0.29) is 6.61 Å². The summed E-state index contributed by atoms with van der Waals surface area (Å²) in [5.41, 5.74) is 1.91. The maximum Gasteiger partial charge on any atom is 0.134 e. The molecule has 0 aliphatic rings. The monoisotopic (exact) mass is 247 g/mol. The average molecular weight is 247 g/mol. The molecular formula is C14H17NO3. The summed E-state index contributed by atoms with van der Waals surface area (Å²) in [4.78, 5) is 0. The van der Waals surface area contributed by atoms with E-state index in [1.165, 1.54) is 0 Å². The van der Waals surface area contributed by atoms with Crippen LogP contribution in [0.4, 0.5) is 5.69 Å². The zero-order valence-electron chi connectivity index (χ0n) is 10.3. The summed E-state index contributed by atoms with van der Waals surface area (Å²) < 4.78 is 5.53. The van der Waals surface area contributed by atoms with Crippen LogP contribution in [0.5, 0.6) is 0 Å². The summed E-state index contributed by atoms with van der Waals surface area (Å²) in [6.45, 7) is 2.00. The van der Waals surface area contributed by atoms with Crippen molar-refractivity contribution >= 4 is 5.69 Å². The molecule has 0 amide bonds. The van der Waals surface area contributed by atoms with Crippen LogP contribution in [0.15, 0.2) is 40.8 Å². The fourth-order valence-corrected chi connectivity index (χ4v) is 1.64. The molecule has 4 heteroatoms. The van der Waals surface area contributed by atoms with Crippen molar-refractivity contribution in [2.45, 2.75) is 13.0 Å². The first-order valence-electron chi connectivity index (χ1n) is 5.88. The third-order valence-electron chi connectivity index (χ3n) is 2.66. The van der Waals surface area contributed by atoms with Crippen molar-refractivity contribution in [3.05, 3.63) is 42.2 Å². The van der Waals surface area contributed by atoms with Crippen LogP contribution < -0.4 is 5.32 Å². The Hall–Kier alpha value is -1.78. The van der Waals surface area contributed by atoms with Crippen molar-refractivity contribution in [3.63, 3.8) is 0 Å². The summed E-state index contributed by atoms with van der Waals surface area (Å²) >= 11 is 0. The number of aryl methyl sites for hydroxylation is 1. The second-order valence-electron chi connectivity index (χ2n) is 4.20. The minimum atomic E-state index is -0.739. The number of nitrogens with one attached hydrogen (secondary N) is 1. The molecule has 0 fully saturated rings. The Morgan fingerprint density at radius 1 is 1.17 bits per heavy atom. The van der Waals surface area contributed by atoms with Gasteiger partial charge in [0.05, 0.1) is 12.7 Å². The summed E-state index contributed by atoms with van der Waals surface area (Å²) in [5, 5.41) is 21.0. The Bertz CT molecular complexity index is 490. The molecule has 96 valence electrons. The molecule has 4 nitrogen and oxygen atoms in total. The number of aliphatic hydroxyl groups excluding tert-OH is 2. The minimum Gasteiger partial charge on any atom is -0.461 e. The van der Waals surface area contributed by atoms with E-state index >= 15 is 0 Å².